The van der Waals surface area contributed by atoms with Crippen LogP contribution in [-0.2, 0) is 17.5 Å². The standard InChI is InChI=1S/C9H16N2.C5H3ClN.Pd/c1-8(2)10-5-6-11(7-10)9(3)4;6-5-2-1-3-7-4-5;/h5-6,8-9H,1-4H3;1-3H;/q;;-1. The van der Waals surface area contributed by atoms with Gasteiger partial charge in [-0.15, -0.1) is 0 Å². The topological polar surface area (TPSA) is 22.8 Å². The van der Waals surface area contributed by atoms with E-state index < -0.39 is 0 Å². The molecule has 19 heavy (non-hydrogen) atoms. The maximum atomic E-state index is 6.24. The maximum absolute atomic E-state index is 6.24. The van der Waals surface area contributed by atoms with Crippen LogP contribution in [0.4, 0.5) is 0 Å². The van der Waals surface area contributed by atoms with E-state index in [4.69, 9.17) is 11.6 Å². The van der Waals surface area contributed by atoms with E-state index in [9.17, 15) is 0 Å². The summed E-state index contributed by atoms with van der Waals surface area (Å²) in [5.74, 6) is 0. The molecule has 0 radical (unpaired) electrons. The molecule has 0 saturated heterocycles. The molecule has 0 amide bonds. The molecule has 0 fully saturated rings. The van der Waals surface area contributed by atoms with Crippen LogP contribution in [-0.4, -0.2) is 14.1 Å². The summed E-state index contributed by atoms with van der Waals surface area (Å²) in [5, 5.41) is 0.753. The van der Waals surface area contributed by atoms with Gasteiger partial charge in [-0.2, -0.15) is 0 Å². The van der Waals surface area contributed by atoms with Crippen LogP contribution in [0.1, 0.15) is 39.8 Å². The molecule has 0 bridgehead atoms. The SMILES string of the molecule is CC(C)n1ccn(C(C)C)[c]1=[Pd-][c]1ncccc1Cl. The Morgan fingerprint density at radius 2 is 1.68 bits per heavy atom. The van der Waals surface area contributed by atoms with E-state index in [1.54, 1.807) is 0 Å². The molecule has 0 N–H and O–H groups in total. The van der Waals surface area contributed by atoms with Gasteiger partial charge in [0.1, 0.15) is 0 Å². The van der Waals surface area contributed by atoms with Crippen LogP contribution < -0.4 is 4.17 Å². The normalized spacial score (nSPS) is 11.7. The summed E-state index contributed by atoms with van der Waals surface area (Å²) in [6.45, 7) is 8.79. The van der Waals surface area contributed by atoms with Crippen LogP contribution in [0.3, 0.4) is 0 Å². The molecule has 3 nitrogen and oxygen atoms in total. The summed E-state index contributed by atoms with van der Waals surface area (Å²) in [6, 6.07) is 4.66. The van der Waals surface area contributed by atoms with Crippen LogP contribution in [0, 0.1) is 3.89 Å². The van der Waals surface area contributed by atoms with Crippen molar-refractivity contribution in [2.75, 3.05) is 0 Å². The number of pyridine rings is 1. The molecule has 0 aliphatic heterocycles. The summed E-state index contributed by atoms with van der Waals surface area (Å²) >= 11 is 6.47. The van der Waals surface area contributed by atoms with Crippen LogP contribution in [0.25, 0.3) is 0 Å². The average Bonchev–Trinajstić information content (AvgIpc) is 2.76. The Kier molecular flexibility index (Phi) is 4.78. The van der Waals surface area contributed by atoms with Gasteiger partial charge in [0.15, 0.2) is 0 Å². The number of imidazole rings is 1. The average molecular weight is 371 g/mol. The fourth-order valence-electron chi connectivity index (χ4n) is 1.69. The van der Waals surface area contributed by atoms with E-state index in [1.807, 2.05) is 18.3 Å². The molecule has 0 aliphatic carbocycles. The quantitative estimate of drug-likeness (QED) is 0.758. The third-order valence-electron chi connectivity index (χ3n) is 2.73. The number of nitrogens with zero attached hydrogens (tertiary/aromatic N) is 3. The van der Waals surface area contributed by atoms with Crippen molar-refractivity contribution in [2.45, 2.75) is 39.8 Å². The van der Waals surface area contributed by atoms with Gasteiger partial charge >= 0.3 is 127 Å². The van der Waals surface area contributed by atoms with E-state index in [2.05, 4.69) is 54.2 Å². The van der Waals surface area contributed by atoms with Gasteiger partial charge in [0.25, 0.3) is 0 Å². The second kappa shape index (κ2) is 6.18. The van der Waals surface area contributed by atoms with Gasteiger partial charge in [-0.1, -0.05) is 0 Å². The van der Waals surface area contributed by atoms with Crippen LogP contribution in [0.15, 0.2) is 30.7 Å². The second-order valence-electron chi connectivity index (χ2n) is 4.87. The van der Waals surface area contributed by atoms with Crippen LogP contribution in [0.5, 0.6) is 0 Å². The molecule has 2 aromatic rings. The molecular formula is C14H19ClN3Pd-. The van der Waals surface area contributed by atoms with E-state index in [-0.39, 0.29) is 17.5 Å². The van der Waals surface area contributed by atoms with E-state index in [1.165, 1.54) is 3.89 Å². The molecule has 2 heterocycles. The zero-order chi connectivity index (χ0) is 14.0. The third kappa shape index (κ3) is 3.26. The molecule has 0 aromatic carbocycles. The number of rotatable bonds is 3. The zero-order valence-corrected chi connectivity index (χ0v) is 13.9. The van der Waals surface area contributed by atoms with Crippen molar-refractivity contribution in [1.82, 2.24) is 14.1 Å². The molecule has 5 heteroatoms. The Labute approximate surface area is 126 Å². The van der Waals surface area contributed by atoms with E-state index >= 15 is 0 Å². The molecule has 0 saturated carbocycles. The van der Waals surface area contributed by atoms with Gasteiger partial charge in [0.05, 0.1) is 0 Å². The Bertz CT molecular complexity index is 597. The Hall–Kier alpha value is -0.688. The van der Waals surface area contributed by atoms with Gasteiger partial charge in [-0.3, -0.25) is 0 Å². The van der Waals surface area contributed by atoms with Crippen molar-refractivity contribution in [1.29, 1.82) is 0 Å². The minimum absolute atomic E-state index is 0.237. The summed E-state index contributed by atoms with van der Waals surface area (Å²) in [5.41, 5.74) is 0. The fraction of sp³-hybridized carbons (Fsp3) is 0.429. The van der Waals surface area contributed by atoms with Crippen molar-refractivity contribution in [3.8, 4) is 0 Å². The predicted octanol–water partition coefficient (Wildman–Crippen LogP) is 3.44. The van der Waals surface area contributed by atoms with Crippen LogP contribution >= 0.6 is 11.6 Å². The summed E-state index contributed by atoms with van der Waals surface area (Å²) in [4.78, 5) is 4.42. The summed E-state index contributed by atoms with van der Waals surface area (Å²) in [7, 11) is 0. The van der Waals surface area contributed by atoms with Gasteiger partial charge in [0.2, 0.25) is 0 Å². The first-order chi connectivity index (χ1) is 9.00. The molecular weight excluding hydrogens is 352 g/mol. The first kappa shape index (κ1) is 14.7. The first-order valence-electron chi connectivity index (χ1n) is 6.32. The van der Waals surface area contributed by atoms with Crippen LogP contribution in [0.2, 0.25) is 5.02 Å². The monoisotopic (exact) mass is 370 g/mol. The summed E-state index contributed by atoms with van der Waals surface area (Å²) in [6.07, 6.45) is 6.10. The minimum atomic E-state index is 0.237. The van der Waals surface area contributed by atoms with E-state index in [0.717, 1.165) is 9.19 Å². The Morgan fingerprint density at radius 1 is 1.11 bits per heavy atom. The molecule has 2 aromatic heterocycles. The molecule has 0 unspecified atom stereocenters. The number of halogens is 1. The van der Waals surface area contributed by atoms with Gasteiger partial charge in [0, 0.05) is 0 Å². The number of aromatic nitrogens is 3. The summed E-state index contributed by atoms with van der Waals surface area (Å²) < 4.78 is 6.88. The van der Waals surface area contributed by atoms with Gasteiger partial charge < -0.3 is 0 Å². The van der Waals surface area contributed by atoms with Gasteiger partial charge in [-0.05, 0) is 0 Å². The Morgan fingerprint density at radius 3 is 2.16 bits per heavy atom. The third-order valence-corrected chi connectivity index (χ3v) is 5.39. The van der Waals surface area contributed by atoms with Crippen molar-refractivity contribution in [3.05, 3.63) is 39.6 Å². The van der Waals surface area contributed by atoms with Crippen molar-refractivity contribution < 1.29 is 17.5 Å². The Balaban J connectivity index is 2.66. The molecule has 0 aliphatic rings. The molecule has 2 rings (SSSR count). The van der Waals surface area contributed by atoms with Crippen molar-refractivity contribution in [2.24, 2.45) is 0 Å². The number of hydrogen-bond acceptors (Lipinski definition) is 1. The van der Waals surface area contributed by atoms with Gasteiger partial charge in [-0.25, -0.2) is 0 Å². The van der Waals surface area contributed by atoms with Crippen molar-refractivity contribution >= 4 is 15.8 Å². The first-order valence-corrected chi connectivity index (χ1v) is 8.25. The second-order valence-corrected chi connectivity index (χ2v) is 7.09. The molecule has 0 atom stereocenters. The number of hydrogen-bond donors (Lipinski definition) is 0. The van der Waals surface area contributed by atoms with Crippen molar-refractivity contribution in [3.63, 3.8) is 0 Å². The molecule has 108 valence electrons. The van der Waals surface area contributed by atoms with E-state index in [0.29, 0.717) is 12.1 Å². The fourth-order valence-corrected chi connectivity index (χ4v) is 4.29. The molecule has 0 spiro atoms. The zero-order valence-electron chi connectivity index (χ0n) is 11.6. The predicted molar refractivity (Wildman–Crippen MR) is 75.3 cm³/mol.